The summed E-state index contributed by atoms with van der Waals surface area (Å²) in [6.45, 7) is 0.935. The highest BCUT2D eigenvalue weighted by Crippen LogP contribution is 2.33. The Kier molecular flexibility index (Phi) is 7.92. The van der Waals surface area contributed by atoms with Crippen molar-refractivity contribution in [3.05, 3.63) is 29.3 Å². The number of carbonyl (C=O) groups excluding carboxylic acids is 4. The number of carbonyl (C=O) groups is 5. The van der Waals surface area contributed by atoms with Crippen LogP contribution in [0.4, 0.5) is 13.2 Å². The first kappa shape index (κ1) is 24.8. The summed E-state index contributed by atoms with van der Waals surface area (Å²) >= 11 is 0. The van der Waals surface area contributed by atoms with E-state index in [2.05, 4.69) is 5.32 Å². The van der Waals surface area contributed by atoms with Crippen molar-refractivity contribution in [1.29, 1.82) is 0 Å². The van der Waals surface area contributed by atoms with Gasteiger partial charge in [-0.1, -0.05) is 6.07 Å². The molecule has 10 nitrogen and oxygen atoms in total. The molecule has 3 rings (SSSR count). The third-order valence-electron chi connectivity index (χ3n) is 4.53. The SMILES string of the molecule is NCCCCOc1cccc2c1C(=O)N(C1CCC(=O)NC1=O)C2=O.O=C(O)C(F)(F)F. The Morgan fingerprint density at radius 3 is 2.41 bits per heavy atom. The molecule has 1 aromatic rings. The van der Waals surface area contributed by atoms with Crippen LogP contribution in [0.15, 0.2) is 18.2 Å². The highest BCUT2D eigenvalue weighted by molar-refractivity contribution is 6.24. The number of nitrogens with one attached hydrogen (secondary N) is 1. The predicted molar refractivity (Wildman–Crippen MR) is 101 cm³/mol. The normalized spacial score (nSPS) is 18.0. The summed E-state index contributed by atoms with van der Waals surface area (Å²) in [6.07, 6.45) is -3.33. The number of amides is 4. The Balaban J connectivity index is 0.000000451. The van der Waals surface area contributed by atoms with Gasteiger partial charge in [0.2, 0.25) is 11.8 Å². The van der Waals surface area contributed by atoms with Crippen molar-refractivity contribution in [1.82, 2.24) is 10.2 Å². The van der Waals surface area contributed by atoms with Crippen LogP contribution in [0, 0.1) is 0 Å². The molecular formula is C19H20F3N3O7. The molecule has 1 aromatic carbocycles. The highest BCUT2D eigenvalue weighted by Gasteiger charge is 2.46. The number of ether oxygens (including phenoxy) is 1. The van der Waals surface area contributed by atoms with E-state index in [1.54, 1.807) is 12.1 Å². The Morgan fingerprint density at radius 1 is 1.19 bits per heavy atom. The van der Waals surface area contributed by atoms with Crippen molar-refractivity contribution in [2.45, 2.75) is 37.9 Å². The van der Waals surface area contributed by atoms with Gasteiger partial charge in [-0.3, -0.25) is 29.4 Å². The second-order valence-corrected chi connectivity index (χ2v) is 6.77. The van der Waals surface area contributed by atoms with Gasteiger partial charge < -0.3 is 15.6 Å². The summed E-state index contributed by atoms with van der Waals surface area (Å²) in [6, 6.07) is 3.82. The number of nitrogens with two attached hydrogens (primary N) is 1. The summed E-state index contributed by atoms with van der Waals surface area (Å²) in [4.78, 5) is 58.6. The standard InChI is InChI=1S/C17H19N3O5.C2HF3O2/c18-8-1-2-9-25-12-5-3-4-10-14(12)17(24)20(16(10)23)11-6-7-13(21)19-15(11)22;3-2(4,5)1(6)7/h3-5,11H,1-2,6-9,18H2,(H,19,21,22);(H,6,7). The van der Waals surface area contributed by atoms with Crippen molar-refractivity contribution in [3.8, 4) is 5.75 Å². The second-order valence-electron chi connectivity index (χ2n) is 6.77. The van der Waals surface area contributed by atoms with Gasteiger partial charge in [0.05, 0.1) is 17.7 Å². The minimum absolute atomic E-state index is 0.0895. The third-order valence-corrected chi connectivity index (χ3v) is 4.53. The lowest BCUT2D eigenvalue weighted by Crippen LogP contribution is -2.54. The number of aliphatic carboxylic acids is 1. The van der Waals surface area contributed by atoms with Crippen LogP contribution < -0.4 is 15.8 Å². The van der Waals surface area contributed by atoms with Crippen molar-refractivity contribution in [2.75, 3.05) is 13.2 Å². The number of hydrogen-bond acceptors (Lipinski definition) is 7. The molecule has 0 bridgehead atoms. The number of unbranched alkanes of at least 4 members (excludes halogenated alkanes) is 1. The second kappa shape index (κ2) is 10.2. The van der Waals surface area contributed by atoms with Gasteiger partial charge in [0.25, 0.3) is 11.8 Å². The Bertz CT molecular complexity index is 933. The van der Waals surface area contributed by atoms with E-state index in [0.717, 1.165) is 17.7 Å². The molecule has 32 heavy (non-hydrogen) atoms. The van der Waals surface area contributed by atoms with Crippen LogP contribution in [0.2, 0.25) is 0 Å². The average Bonchev–Trinajstić information content (AvgIpc) is 2.96. The Morgan fingerprint density at radius 2 is 1.84 bits per heavy atom. The lowest BCUT2D eigenvalue weighted by atomic mass is 10.0. The molecular weight excluding hydrogens is 439 g/mol. The van der Waals surface area contributed by atoms with E-state index in [1.165, 1.54) is 6.07 Å². The van der Waals surface area contributed by atoms with E-state index in [0.29, 0.717) is 18.9 Å². The summed E-state index contributed by atoms with van der Waals surface area (Å²) in [7, 11) is 0. The minimum atomic E-state index is -5.08. The zero-order valence-corrected chi connectivity index (χ0v) is 16.6. The molecule has 0 radical (unpaired) electrons. The van der Waals surface area contributed by atoms with Gasteiger partial charge in [0.15, 0.2) is 0 Å². The first-order valence-electron chi connectivity index (χ1n) is 9.46. The smallest absolute Gasteiger partial charge is 0.490 e. The average molecular weight is 459 g/mol. The molecule has 0 saturated carbocycles. The highest BCUT2D eigenvalue weighted by atomic mass is 19.4. The summed E-state index contributed by atoms with van der Waals surface area (Å²) in [5, 5.41) is 9.30. The molecule has 1 atom stereocenters. The number of piperidine rings is 1. The number of carboxylic acid groups (broad SMARTS) is 1. The monoisotopic (exact) mass is 459 g/mol. The van der Waals surface area contributed by atoms with Crippen LogP contribution in [-0.2, 0) is 14.4 Å². The molecule has 1 saturated heterocycles. The maximum Gasteiger partial charge on any atom is 0.490 e. The van der Waals surface area contributed by atoms with Crippen molar-refractivity contribution < 1.29 is 47.0 Å². The van der Waals surface area contributed by atoms with Gasteiger partial charge in [-0.25, -0.2) is 4.79 Å². The van der Waals surface area contributed by atoms with Gasteiger partial charge in [-0.2, -0.15) is 13.2 Å². The quantitative estimate of drug-likeness (QED) is 0.417. The van der Waals surface area contributed by atoms with Crippen molar-refractivity contribution in [2.24, 2.45) is 5.73 Å². The van der Waals surface area contributed by atoms with E-state index in [-0.39, 0.29) is 24.0 Å². The number of imide groups is 2. The molecule has 0 spiro atoms. The molecule has 2 heterocycles. The maximum atomic E-state index is 12.8. The first-order valence-corrected chi connectivity index (χ1v) is 9.46. The summed E-state index contributed by atoms with van der Waals surface area (Å²) in [5.74, 6) is -4.57. The topological polar surface area (TPSA) is 156 Å². The first-order chi connectivity index (χ1) is 15.0. The molecule has 4 N–H and O–H groups in total. The molecule has 1 unspecified atom stereocenters. The van der Waals surface area contributed by atoms with E-state index in [1.807, 2.05) is 0 Å². The van der Waals surface area contributed by atoms with Gasteiger partial charge in [0, 0.05) is 6.42 Å². The van der Waals surface area contributed by atoms with Crippen molar-refractivity contribution in [3.63, 3.8) is 0 Å². The van der Waals surface area contributed by atoms with Gasteiger partial charge in [-0.05, 0) is 37.9 Å². The number of fused-ring (bicyclic) bond motifs is 1. The molecule has 2 aliphatic heterocycles. The van der Waals surface area contributed by atoms with Gasteiger partial charge in [-0.15, -0.1) is 0 Å². The van der Waals surface area contributed by atoms with Gasteiger partial charge in [0.1, 0.15) is 11.8 Å². The number of rotatable bonds is 6. The molecule has 174 valence electrons. The number of benzene rings is 1. The van der Waals surface area contributed by atoms with E-state index in [4.69, 9.17) is 20.4 Å². The largest absolute Gasteiger partial charge is 0.493 e. The number of alkyl halides is 3. The molecule has 0 aromatic heterocycles. The van der Waals surface area contributed by atoms with Gasteiger partial charge >= 0.3 is 12.1 Å². The molecule has 1 fully saturated rings. The third kappa shape index (κ3) is 5.60. The Labute approximate surface area is 179 Å². The molecule has 2 aliphatic rings. The zero-order chi connectivity index (χ0) is 24.1. The lowest BCUT2D eigenvalue weighted by Gasteiger charge is -2.27. The minimum Gasteiger partial charge on any atom is -0.493 e. The van der Waals surface area contributed by atoms with Crippen LogP contribution in [0.1, 0.15) is 46.4 Å². The Hall–Kier alpha value is -3.48. The fourth-order valence-corrected chi connectivity index (χ4v) is 3.03. The summed E-state index contributed by atoms with van der Waals surface area (Å²) < 4.78 is 37.4. The van der Waals surface area contributed by atoms with Crippen LogP contribution in [0.5, 0.6) is 5.75 Å². The molecule has 0 aliphatic carbocycles. The number of nitrogens with zero attached hydrogens (tertiary/aromatic N) is 1. The maximum absolute atomic E-state index is 12.8. The van der Waals surface area contributed by atoms with Crippen LogP contribution >= 0.6 is 0 Å². The number of halogens is 3. The van der Waals surface area contributed by atoms with E-state index in [9.17, 15) is 32.3 Å². The molecule has 13 heteroatoms. The lowest BCUT2D eigenvalue weighted by molar-refractivity contribution is -0.192. The fourth-order valence-electron chi connectivity index (χ4n) is 3.03. The van der Waals surface area contributed by atoms with Crippen molar-refractivity contribution >= 4 is 29.6 Å². The number of carboxylic acids is 1. The van der Waals surface area contributed by atoms with E-state index < -0.39 is 41.8 Å². The van der Waals surface area contributed by atoms with Crippen LogP contribution in [0.25, 0.3) is 0 Å². The fraction of sp³-hybridized carbons (Fsp3) is 0.421. The predicted octanol–water partition coefficient (Wildman–Crippen LogP) is 0.839. The van der Waals surface area contributed by atoms with E-state index >= 15 is 0 Å². The summed E-state index contributed by atoms with van der Waals surface area (Å²) in [5.41, 5.74) is 5.82. The zero-order valence-electron chi connectivity index (χ0n) is 16.6. The molecule has 4 amide bonds. The van der Waals surface area contributed by atoms with Crippen LogP contribution in [0.3, 0.4) is 0 Å². The number of hydrogen-bond donors (Lipinski definition) is 3. The van der Waals surface area contributed by atoms with Crippen LogP contribution in [-0.4, -0.2) is 65.0 Å².